The SMILES string of the molecule is CC(=O)O.O=NO.[H-].[H-].[Na+].[Na+]. The third-order valence-corrected chi connectivity index (χ3v) is 0. The number of hydrogen-bond acceptors (Lipinski definition) is 3. The van der Waals surface area contributed by atoms with Crippen LogP contribution in [0.15, 0.2) is 5.34 Å². The van der Waals surface area contributed by atoms with Gasteiger partial charge in [0, 0.05) is 6.92 Å². The van der Waals surface area contributed by atoms with Gasteiger partial charge in [0.15, 0.2) is 5.34 Å². The Bertz CT molecular complexity index is 71.1. The Morgan fingerprint density at radius 1 is 1.56 bits per heavy atom. The van der Waals surface area contributed by atoms with Crippen molar-refractivity contribution in [1.82, 2.24) is 0 Å². The predicted octanol–water partition coefficient (Wildman–Crippen LogP) is -5.53. The zero-order valence-electron chi connectivity index (χ0n) is 7.66. The van der Waals surface area contributed by atoms with E-state index in [9.17, 15) is 0 Å². The molecule has 0 fully saturated rings. The van der Waals surface area contributed by atoms with Crippen LogP contribution in [0.5, 0.6) is 0 Å². The fourth-order valence-corrected chi connectivity index (χ4v) is 0. The van der Waals surface area contributed by atoms with Gasteiger partial charge in [0.2, 0.25) is 0 Å². The Morgan fingerprint density at radius 3 is 1.56 bits per heavy atom. The molecule has 0 saturated carbocycles. The van der Waals surface area contributed by atoms with Crippen molar-refractivity contribution in [3.8, 4) is 0 Å². The molecule has 0 rings (SSSR count). The largest absolute Gasteiger partial charge is 1.00 e. The number of rotatable bonds is 0. The van der Waals surface area contributed by atoms with Gasteiger partial charge in [-0.25, -0.2) is 0 Å². The molecule has 0 amide bonds. The summed E-state index contributed by atoms with van der Waals surface area (Å²) in [6, 6.07) is 0. The Morgan fingerprint density at radius 2 is 1.56 bits per heavy atom. The molecule has 9 heavy (non-hydrogen) atoms. The first-order chi connectivity index (χ1) is 3.15. The molecule has 0 spiro atoms. The van der Waals surface area contributed by atoms with Crippen molar-refractivity contribution in [2.45, 2.75) is 6.92 Å². The van der Waals surface area contributed by atoms with Gasteiger partial charge in [-0.3, -0.25) is 4.79 Å². The number of aliphatic carboxylic acids is 1. The Balaban J connectivity index is -0.00000000848. The molecule has 7 heteroatoms. The van der Waals surface area contributed by atoms with Crippen molar-refractivity contribution in [2.24, 2.45) is 5.34 Å². The maximum absolute atomic E-state index is 9.00. The van der Waals surface area contributed by atoms with Crippen molar-refractivity contribution in [3.05, 3.63) is 4.91 Å². The number of carboxylic acids is 1. The standard InChI is InChI=1S/C2H4O2.HNO2.2Na.2H/c1-2(3)4;2-1-3;;;;/h1H3,(H,3,4);(H,2,3);;;;/q;;2*+1;2*-1. The van der Waals surface area contributed by atoms with E-state index in [0.29, 0.717) is 0 Å². The maximum Gasteiger partial charge on any atom is 1.00 e. The van der Waals surface area contributed by atoms with Crippen molar-refractivity contribution >= 4 is 5.97 Å². The van der Waals surface area contributed by atoms with Crippen molar-refractivity contribution in [1.29, 1.82) is 0 Å². The summed E-state index contributed by atoms with van der Waals surface area (Å²) in [7, 11) is 0. The minimum atomic E-state index is -0.833. The third-order valence-electron chi connectivity index (χ3n) is 0. The van der Waals surface area contributed by atoms with Crippen LogP contribution in [0.3, 0.4) is 0 Å². The molecule has 0 aliphatic rings. The zero-order valence-corrected chi connectivity index (χ0v) is 9.66. The molecule has 0 atom stereocenters. The fourth-order valence-electron chi connectivity index (χ4n) is 0. The summed E-state index contributed by atoms with van der Waals surface area (Å²) in [4.78, 5) is 17.1. The van der Waals surface area contributed by atoms with Crippen molar-refractivity contribution in [3.63, 3.8) is 0 Å². The molecule has 0 unspecified atom stereocenters. The van der Waals surface area contributed by atoms with Gasteiger partial charge in [0.1, 0.15) is 0 Å². The normalized spacial score (nSPS) is 4.11. The van der Waals surface area contributed by atoms with Crippen LogP contribution in [0.4, 0.5) is 0 Å². The van der Waals surface area contributed by atoms with Crippen molar-refractivity contribution < 1.29 is 77.1 Å². The second kappa shape index (κ2) is 23.2. The molecule has 0 aromatic heterocycles. The van der Waals surface area contributed by atoms with Gasteiger partial charge >= 0.3 is 59.1 Å². The summed E-state index contributed by atoms with van der Waals surface area (Å²) < 4.78 is 0. The molecule has 0 bridgehead atoms. The molecule has 46 valence electrons. The second-order valence-electron chi connectivity index (χ2n) is 0.601. The quantitative estimate of drug-likeness (QED) is 0.207. The first kappa shape index (κ1) is 22.5. The van der Waals surface area contributed by atoms with E-state index >= 15 is 0 Å². The number of carboxylic acid groups (broad SMARTS) is 1. The Labute approximate surface area is 99.3 Å². The topological polar surface area (TPSA) is 87.0 Å². The summed E-state index contributed by atoms with van der Waals surface area (Å²) in [5.74, 6) is -0.833. The van der Waals surface area contributed by atoms with Crippen LogP contribution in [0, 0.1) is 4.91 Å². The summed E-state index contributed by atoms with van der Waals surface area (Å²) in [5, 5.41) is 15.3. The molecule has 5 nitrogen and oxygen atoms in total. The molecule has 0 heterocycles. The monoisotopic (exact) mass is 155 g/mol. The van der Waals surface area contributed by atoms with Crippen molar-refractivity contribution in [2.75, 3.05) is 0 Å². The van der Waals surface area contributed by atoms with E-state index in [1.807, 2.05) is 0 Å². The summed E-state index contributed by atoms with van der Waals surface area (Å²) in [5.41, 5.74) is 0. The van der Waals surface area contributed by atoms with Crippen LogP contribution in [0.1, 0.15) is 9.78 Å². The summed E-state index contributed by atoms with van der Waals surface area (Å²) in [6.07, 6.45) is 0. The predicted molar refractivity (Wildman–Crippen MR) is 23.1 cm³/mol. The number of nitrogens with zero attached hydrogens (tertiary/aromatic N) is 1. The van der Waals surface area contributed by atoms with Gasteiger partial charge in [0.05, 0.1) is 0 Å². The first-order valence-electron chi connectivity index (χ1n) is 1.31. The smallest absolute Gasteiger partial charge is 1.00 e. The Kier molecular flexibility index (Phi) is 58.0. The van der Waals surface area contributed by atoms with E-state index in [1.54, 1.807) is 0 Å². The fraction of sp³-hybridized carbons (Fsp3) is 0.500. The molecule has 0 aromatic rings. The van der Waals surface area contributed by atoms with Crippen LogP contribution in [-0.2, 0) is 4.79 Å². The van der Waals surface area contributed by atoms with Gasteiger partial charge in [-0.05, 0) is 0 Å². The van der Waals surface area contributed by atoms with E-state index < -0.39 is 5.97 Å². The average molecular weight is 155 g/mol. The minimum Gasteiger partial charge on any atom is -1.00 e. The van der Waals surface area contributed by atoms with Gasteiger partial charge in [-0.1, -0.05) is 0 Å². The van der Waals surface area contributed by atoms with Crippen LogP contribution in [0.2, 0.25) is 0 Å². The number of carbonyl (C=O) groups is 1. The van der Waals surface area contributed by atoms with Gasteiger partial charge < -0.3 is 13.2 Å². The van der Waals surface area contributed by atoms with Gasteiger partial charge in [-0.15, -0.1) is 4.91 Å². The molecule has 0 saturated heterocycles. The Hall–Kier alpha value is 0.870. The molecule has 0 radical (unpaired) electrons. The molecule has 2 N–H and O–H groups in total. The molecule has 0 aromatic carbocycles. The van der Waals surface area contributed by atoms with Crippen LogP contribution in [0.25, 0.3) is 0 Å². The van der Waals surface area contributed by atoms with E-state index in [-0.39, 0.29) is 62.0 Å². The van der Waals surface area contributed by atoms with E-state index in [0.717, 1.165) is 6.92 Å². The van der Waals surface area contributed by atoms with E-state index in [2.05, 4.69) is 0 Å². The third kappa shape index (κ3) is 553. The average Bonchev–Trinajstić information content (AvgIpc) is 1.33. The van der Waals surface area contributed by atoms with E-state index in [4.69, 9.17) is 20.0 Å². The zero-order chi connectivity index (χ0) is 6.28. The van der Waals surface area contributed by atoms with Gasteiger partial charge in [0.25, 0.3) is 5.97 Å². The van der Waals surface area contributed by atoms with Crippen LogP contribution in [-0.4, -0.2) is 16.3 Å². The number of hydrogen-bond donors (Lipinski definition) is 2. The second-order valence-corrected chi connectivity index (χ2v) is 0.601. The minimum absolute atomic E-state index is 0. The van der Waals surface area contributed by atoms with Crippen LogP contribution < -0.4 is 59.1 Å². The summed E-state index contributed by atoms with van der Waals surface area (Å²) in [6.45, 7) is 1.08. The summed E-state index contributed by atoms with van der Waals surface area (Å²) >= 11 is 0. The van der Waals surface area contributed by atoms with Gasteiger partial charge in [-0.2, -0.15) is 0 Å². The van der Waals surface area contributed by atoms with Crippen LogP contribution >= 0.6 is 0 Å². The maximum atomic E-state index is 9.00. The molecular weight excluding hydrogens is 148 g/mol. The first-order valence-corrected chi connectivity index (χ1v) is 1.31. The van der Waals surface area contributed by atoms with E-state index in [1.165, 1.54) is 5.34 Å². The molecule has 0 aliphatic heterocycles. The molecular formula is C2H7NNa2O4. The molecule has 0 aliphatic carbocycles.